The summed E-state index contributed by atoms with van der Waals surface area (Å²) >= 11 is 11.7. The van der Waals surface area contributed by atoms with Crippen LogP contribution in [0.2, 0.25) is 10.0 Å². The smallest absolute Gasteiger partial charge is 0.152 e. The van der Waals surface area contributed by atoms with Crippen molar-refractivity contribution in [1.29, 1.82) is 0 Å². The molecule has 7 heteroatoms. The van der Waals surface area contributed by atoms with Crippen molar-refractivity contribution in [3.05, 3.63) is 33.6 Å². The van der Waals surface area contributed by atoms with Crippen LogP contribution in [0, 0.1) is 5.82 Å². The van der Waals surface area contributed by atoms with Gasteiger partial charge in [-0.15, -0.1) is 0 Å². The molecule has 1 saturated heterocycles. The highest BCUT2D eigenvalue weighted by Crippen LogP contribution is 2.32. The van der Waals surface area contributed by atoms with Crippen LogP contribution in [0.5, 0.6) is 0 Å². The van der Waals surface area contributed by atoms with Crippen molar-refractivity contribution >= 4 is 33.0 Å². The topological polar surface area (TPSA) is 46.2 Å². The molecule has 1 heterocycles. The maximum atomic E-state index is 13.5. The molecule has 1 aliphatic heterocycles. The van der Waals surface area contributed by atoms with Gasteiger partial charge in [-0.2, -0.15) is 0 Å². The second kappa shape index (κ2) is 5.44. The second-order valence-corrected chi connectivity index (χ2v) is 8.56. The minimum Gasteiger partial charge on any atom is -0.304 e. The lowest BCUT2D eigenvalue weighted by molar-refractivity contribution is 0.355. The van der Waals surface area contributed by atoms with Gasteiger partial charge in [-0.05, 0) is 38.0 Å². The van der Waals surface area contributed by atoms with E-state index in [4.69, 9.17) is 23.2 Å². The SMILES string of the molecule is CC(NC1(C)CCS(=O)(=O)C1)c1cc(F)c(Cl)cc1Cl. The number of hydrogen-bond acceptors (Lipinski definition) is 3. The zero-order chi connectivity index (χ0) is 15.1. The maximum Gasteiger partial charge on any atom is 0.152 e. The van der Waals surface area contributed by atoms with Crippen LogP contribution in [0.1, 0.15) is 31.9 Å². The number of benzene rings is 1. The fraction of sp³-hybridized carbons (Fsp3) is 0.538. The van der Waals surface area contributed by atoms with Gasteiger partial charge in [-0.3, -0.25) is 0 Å². The van der Waals surface area contributed by atoms with E-state index in [-0.39, 0.29) is 22.6 Å². The third-order valence-corrected chi connectivity index (χ3v) is 6.09. The molecule has 2 unspecified atom stereocenters. The molecule has 0 aliphatic carbocycles. The van der Waals surface area contributed by atoms with Gasteiger partial charge in [0.2, 0.25) is 0 Å². The lowest BCUT2D eigenvalue weighted by atomic mass is 9.98. The van der Waals surface area contributed by atoms with E-state index in [9.17, 15) is 12.8 Å². The van der Waals surface area contributed by atoms with Crippen LogP contribution in [0.3, 0.4) is 0 Å². The summed E-state index contributed by atoms with van der Waals surface area (Å²) in [6.07, 6.45) is 0.535. The summed E-state index contributed by atoms with van der Waals surface area (Å²) in [5.74, 6) is -0.284. The lowest BCUT2D eigenvalue weighted by Gasteiger charge is -2.29. The molecule has 0 spiro atoms. The standard InChI is InChI=1S/C13H16Cl2FNO2S/c1-8(9-5-12(16)11(15)6-10(9)14)17-13(2)3-4-20(18,19)7-13/h5-6,8,17H,3-4,7H2,1-2H3. The summed E-state index contributed by atoms with van der Waals surface area (Å²) in [6.45, 7) is 3.68. The number of sulfone groups is 1. The maximum absolute atomic E-state index is 13.5. The molecule has 1 aliphatic rings. The fourth-order valence-electron chi connectivity index (χ4n) is 2.59. The van der Waals surface area contributed by atoms with E-state index in [0.29, 0.717) is 17.0 Å². The van der Waals surface area contributed by atoms with Crippen molar-refractivity contribution in [2.75, 3.05) is 11.5 Å². The first-order valence-electron chi connectivity index (χ1n) is 6.24. The van der Waals surface area contributed by atoms with Gasteiger partial charge >= 0.3 is 0 Å². The predicted octanol–water partition coefficient (Wildman–Crippen LogP) is 3.36. The Kier molecular flexibility index (Phi) is 4.36. The first kappa shape index (κ1) is 16.0. The van der Waals surface area contributed by atoms with Crippen LogP contribution in [0.15, 0.2) is 12.1 Å². The molecular weight excluding hydrogens is 324 g/mol. The lowest BCUT2D eigenvalue weighted by Crippen LogP contribution is -2.44. The van der Waals surface area contributed by atoms with Crippen molar-refractivity contribution in [2.24, 2.45) is 0 Å². The molecule has 3 nitrogen and oxygen atoms in total. The molecule has 0 amide bonds. The summed E-state index contributed by atoms with van der Waals surface area (Å²) in [7, 11) is -3.00. The van der Waals surface area contributed by atoms with Gasteiger partial charge in [-0.25, -0.2) is 12.8 Å². The molecule has 20 heavy (non-hydrogen) atoms. The summed E-state index contributed by atoms with van der Waals surface area (Å²) in [4.78, 5) is 0. The molecule has 0 radical (unpaired) electrons. The number of rotatable bonds is 3. The molecule has 1 aromatic carbocycles. The van der Waals surface area contributed by atoms with Crippen LogP contribution >= 0.6 is 23.2 Å². The van der Waals surface area contributed by atoms with Crippen LogP contribution in [0.4, 0.5) is 4.39 Å². The Balaban J connectivity index is 2.21. The highest BCUT2D eigenvalue weighted by Gasteiger charge is 2.39. The largest absolute Gasteiger partial charge is 0.304 e. The molecule has 0 bridgehead atoms. The van der Waals surface area contributed by atoms with Gasteiger partial charge in [0.25, 0.3) is 0 Å². The van der Waals surface area contributed by atoms with E-state index in [2.05, 4.69) is 5.32 Å². The van der Waals surface area contributed by atoms with E-state index in [1.165, 1.54) is 12.1 Å². The highest BCUT2D eigenvalue weighted by atomic mass is 35.5. The van der Waals surface area contributed by atoms with Crippen molar-refractivity contribution < 1.29 is 12.8 Å². The third-order valence-electron chi connectivity index (χ3n) is 3.57. The number of halogens is 3. The highest BCUT2D eigenvalue weighted by molar-refractivity contribution is 7.91. The van der Waals surface area contributed by atoms with Crippen LogP contribution < -0.4 is 5.32 Å². The molecule has 2 rings (SSSR count). The molecule has 0 saturated carbocycles. The minimum absolute atomic E-state index is 0.0272. The molecule has 112 valence electrons. The summed E-state index contributed by atoms with van der Waals surface area (Å²) in [5.41, 5.74) is 0.0524. The van der Waals surface area contributed by atoms with Crippen molar-refractivity contribution in [3.63, 3.8) is 0 Å². The second-order valence-electron chi connectivity index (χ2n) is 5.56. The van der Waals surface area contributed by atoms with E-state index in [1.54, 1.807) is 0 Å². The predicted molar refractivity (Wildman–Crippen MR) is 79.6 cm³/mol. The van der Waals surface area contributed by atoms with Gasteiger partial charge < -0.3 is 5.32 Å². The Morgan fingerprint density at radius 2 is 2.00 bits per heavy atom. The van der Waals surface area contributed by atoms with E-state index in [0.717, 1.165) is 0 Å². The average molecular weight is 340 g/mol. The number of nitrogens with one attached hydrogen (secondary N) is 1. The zero-order valence-corrected chi connectivity index (χ0v) is 13.5. The normalized spacial score (nSPS) is 26.6. The Hall–Kier alpha value is -0.360. The Morgan fingerprint density at radius 1 is 1.35 bits per heavy atom. The molecule has 0 aromatic heterocycles. The first-order valence-corrected chi connectivity index (χ1v) is 8.82. The van der Waals surface area contributed by atoms with Crippen molar-refractivity contribution in [3.8, 4) is 0 Å². The summed E-state index contributed by atoms with van der Waals surface area (Å²) < 4.78 is 36.7. The summed E-state index contributed by atoms with van der Waals surface area (Å²) in [5, 5.41) is 3.58. The third kappa shape index (κ3) is 3.45. The fourth-order valence-corrected chi connectivity index (χ4v) is 5.25. The molecule has 1 fully saturated rings. The van der Waals surface area contributed by atoms with Crippen LogP contribution in [-0.4, -0.2) is 25.5 Å². The molecule has 1 aromatic rings. The monoisotopic (exact) mass is 339 g/mol. The molecule has 2 atom stereocenters. The van der Waals surface area contributed by atoms with E-state index < -0.39 is 21.2 Å². The van der Waals surface area contributed by atoms with Gasteiger partial charge in [-0.1, -0.05) is 23.2 Å². The van der Waals surface area contributed by atoms with Crippen LogP contribution in [-0.2, 0) is 9.84 Å². The van der Waals surface area contributed by atoms with Crippen molar-refractivity contribution in [1.82, 2.24) is 5.32 Å². The Labute approximate surface area is 128 Å². The molecule has 1 N–H and O–H groups in total. The average Bonchev–Trinajstić information content (AvgIpc) is 2.57. The van der Waals surface area contributed by atoms with Gasteiger partial charge in [0.05, 0.1) is 16.5 Å². The minimum atomic E-state index is -3.00. The van der Waals surface area contributed by atoms with Gasteiger partial charge in [0.1, 0.15) is 5.82 Å². The van der Waals surface area contributed by atoms with Crippen LogP contribution in [0.25, 0.3) is 0 Å². The van der Waals surface area contributed by atoms with Gasteiger partial charge in [0, 0.05) is 16.6 Å². The number of hydrogen-bond donors (Lipinski definition) is 1. The zero-order valence-electron chi connectivity index (χ0n) is 11.2. The first-order chi connectivity index (χ1) is 9.12. The Morgan fingerprint density at radius 3 is 2.55 bits per heavy atom. The van der Waals surface area contributed by atoms with Gasteiger partial charge in [0.15, 0.2) is 9.84 Å². The van der Waals surface area contributed by atoms with E-state index >= 15 is 0 Å². The van der Waals surface area contributed by atoms with E-state index in [1.807, 2.05) is 13.8 Å². The Bertz CT molecular complexity index is 636. The quantitative estimate of drug-likeness (QED) is 0.859. The van der Waals surface area contributed by atoms with Crippen molar-refractivity contribution in [2.45, 2.75) is 31.8 Å². The molecular formula is C13H16Cl2FNO2S. The summed E-state index contributed by atoms with van der Waals surface area (Å²) in [6, 6.07) is 2.38.